The molecule has 0 radical (unpaired) electrons. The van der Waals surface area contributed by atoms with Crippen LogP contribution in [0, 0.1) is 11.8 Å². The van der Waals surface area contributed by atoms with Crippen molar-refractivity contribution < 1.29 is 9.59 Å². The number of nitrogens with zero attached hydrogens (tertiary/aromatic N) is 2. The summed E-state index contributed by atoms with van der Waals surface area (Å²) in [7, 11) is 3.42. The zero-order valence-corrected chi connectivity index (χ0v) is 13.0. The number of carbonyl (C=O) groups is 2. The topological polar surface area (TPSA) is 62.3 Å². The summed E-state index contributed by atoms with van der Waals surface area (Å²) in [6.45, 7) is 0.230. The van der Waals surface area contributed by atoms with Crippen molar-refractivity contribution in [2.45, 2.75) is 0 Å². The van der Waals surface area contributed by atoms with E-state index in [0.29, 0.717) is 11.3 Å². The Hall–Kier alpha value is -3.13. The van der Waals surface area contributed by atoms with Gasteiger partial charge in [-0.1, -0.05) is 17.9 Å². The second-order valence-corrected chi connectivity index (χ2v) is 4.98. The zero-order chi connectivity index (χ0) is 16.7. The van der Waals surface area contributed by atoms with Crippen LogP contribution in [0.2, 0.25) is 0 Å². The molecule has 0 unspecified atom stereocenters. The van der Waals surface area contributed by atoms with Crippen molar-refractivity contribution in [1.29, 1.82) is 0 Å². The Morgan fingerprint density at radius 2 is 1.87 bits per heavy atom. The molecule has 0 saturated carbocycles. The lowest BCUT2D eigenvalue weighted by Crippen LogP contribution is -2.24. The van der Waals surface area contributed by atoms with Crippen LogP contribution in [0.4, 0.5) is 0 Å². The van der Waals surface area contributed by atoms with Gasteiger partial charge in [0.2, 0.25) is 0 Å². The fourth-order valence-corrected chi connectivity index (χ4v) is 1.81. The van der Waals surface area contributed by atoms with E-state index in [4.69, 9.17) is 0 Å². The van der Waals surface area contributed by atoms with Gasteiger partial charge in [0.25, 0.3) is 11.8 Å². The fourth-order valence-electron chi connectivity index (χ4n) is 1.81. The molecule has 1 aromatic carbocycles. The monoisotopic (exact) mass is 307 g/mol. The van der Waals surface area contributed by atoms with Crippen LogP contribution in [0.1, 0.15) is 26.4 Å². The second-order valence-electron chi connectivity index (χ2n) is 4.98. The van der Waals surface area contributed by atoms with Gasteiger partial charge in [-0.2, -0.15) is 0 Å². The molecule has 1 N–H and O–H groups in total. The van der Waals surface area contributed by atoms with E-state index in [0.717, 1.165) is 5.56 Å². The van der Waals surface area contributed by atoms with Gasteiger partial charge in [0.05, 0.1) is 6.54 Å². The highest BCUT2D eigenvalue weighted by Crippen LogP contribution is 2.05. The SMILES string of the molecule is CN(C)C(=O)c1ccc(C#CCNC(=O)c2ccccn2)cc1. The van der Waals surface area contributed by atoms with Gasteiger partial charge in [-0.25, -0.2) is 0 Å². The van der Waals surface area contributed by atoms with Gasteiger partial charge in [0, 0.05) is 31.4 Å². The first-order valence-electron chi connectivity index (χ1n) is 7.08. The first-order valence-corrected chi connectivity index (χ1v) is 7.08. The van der Waals surface area contributed by atoms with Crippen LogP contribution < -0.4 is 5.32 Å². The lowest BCUT2D eigenvalue weighted by molar-refractivity contribution is 0.0827. The summed E-state index contributed by atoms with van der Waals surface area (Å²) >= 11 is 0. The molecule has 1 aromatic heterocycles. The normalized spacial score (nSPS) is 9.48. The Bertz CT molecular complexity index is 741. The van der Waals surface area contributed by atoms with Crippen LogP contribution in [-0.2, 0) is 0 Å². The number of hydrogen-bond acceptors (Lipinski definition) is 3. The first kappa shape index (κ1) is 16.2. The minimum absolute atomic E-state index is 0.0490. The standard InChI is InChI=1S/C18H17N3O2/c1-21(2)18(23)15-10-8-14(9-11-15)6-5-13-20-17(22)16-7-3-4-12-19-16/h3-4,7-12H,13H2,1-2H3,(H,20,22). The van der Waals surface area contributed by atoms with E-state index < -0.39 is 0 Å². The second kappa shape index (κ2) is 7.76. The lowest BCUT2D eigenvalue weighted by Gasteiger charge is -2.09. The molecular weight excluding hydrogens is 290 g/mol. The summed E-state index contributed by atoms with van der Waals surface area (Å²) in [5.74, 6) is 5.50. The molecule has 0 atom stereocenters. The third-order valence-corrected chi connectivity index (χ3v) is 3.01. The predicted octanol–water partition coefficient (Wildman–Crippen LogP) is 1.56. The number of aromatic nitrogens is 1. The highest BCUT2D eigenvalue weighted by Gasteiger charge is 2.06. The average Bonchev–Trinajstić information content (AvgIpc) is 2.59. The number of benzene rings is 1. The zero-order valence-electron chi connectivity index (χ0n) is 13.0. The highest BCUT2D eigenvalue weighted by atomic mass is 16.2. The van der Waals surface area contributed by atoms with Gasteiger partial charge in [0.15, 0.2) is 0 Å². The van der Waals surface area contributed by atoms with Crippen LogP contribution in [-0.4, -0.2) is 42.3 Å². The lowest BCUT2D eigenvalue weighted by atomic mass is 10.1. The maximum atomic E-state index is 11.8. The molecule has 5 heteroatoms. The van der Waals surface area contributed by atoms with Crippen LogP contribution in [0.15, 0.2) is 48.7 Å². The molecule has 0 saturated heterocycles. The van der Waals surface area contributed by atoms with Crippen molar-refractivity contribution in [2.24, 2.45) is 0 Å². The van der Waals surface area contributed by atoms with Crippen molar-refractivity contribution in [1.82, 2.24) is 15.2 Å². The van der Waals surface area contributed by atoms with E-state index in [1.807, 2.05) is 0 Å². The van der Waals surface area contributed by atoms with E-state index in [9.17, 15) is 9.59 Å². The highest BCUT2D eigenvalue weighted by molar-refractivity contribution is 5.94. The minimum Gasteiger partial charge on any atom is -0.345 e. The molecule has 5 nitrogen and oxygen atoms in total. The smallest absolute Gasteiger partial charge is 0.270 e. The molecule has 23 heavy (non-hydrogen) atoms. The number of rotatable bonds is 3. The molecule has 0 fully saturated rings. The number of amides is 2. The van der Waals surface area contributed by atoms with Gasteiger partial charge in [-0.15, -0.1) is 0 Å². The van der Waals surface area contributed by atoms with Crippen molar-refractivity contribution in [3.63, 3.8) is 0 Å². The van der Waals surface area contributed by atoms with Crippen molar-refractivity contribution >= 4 is 11.8 Å². The quantitative estimate of drug-likeness (QED) is 0.876. The van der Waals surface area contributed by atoms with Crippen molar-refractivity contribution in [2.75, 3.05) is 20.6 Å². The van der Waals surface area contributed by atoms with E-state index in [-0.39, 0.29) is 18.4 Å². The molecule has 0 spiro atoms. The summed E-state index contributed by atoms with van der Waals surface area (Å²) < 4.78 is 0. The largest absolute Gasteiger partial charge is 0.345 e. The van der Waals surface area contributed by atoms with Gasteiger partial charge in [0.1, 0.15) is 5.69 Å². The summed E-state index contributed by atoms with van der Waals surface area (Å²) in [6, 6.07) is 12.2. The van der Waals surface area contributed by atoms with Crippen LogP contribution in [0.25, 0.3) is 0 Å². The molecule has 2 rings (SSSR count). The Kier molecular flexibility index (Phi) is 5.48. The average molecular weight is 307 g/mol. The predicted molar refractivity (Wildman–Crippen MR) is 87.9 cm³/mol. The Morgan fingerprint density at radius 1 is 1.13 bits per heavy atom. The molecular formula is C18H17N3O2. The first-order chi connectivity index (χ1) is 11.1. The molecule has 2 amide bonds. The van der Waals surface area contributed by atoms with E-state index >= 15 is 0 Å². The van der Waals surface area contributed by atoms with Crippen LogP contribution >= 0.6 is 0 Å². The molecule has 1 heterocycles. The number of nitrogens with one attached hydrogen (secondary N) is 1. The number of hydrogen-bond donors (Lipinski definition) is 1. The van der Waals surface area contributed by atoms with Gasteiger partial charge >= 0.3 is 0 Å². The number of pyridine rings is 1. The molecule has 0 bridgehead atoms. The number of carbonyl (C=O) groups excluding carboxylic acids is 2. The van der Waals surface area contributed by atoms with Crippen LogP contribution in [0.3, 0.4) is 0 Å². The molecule has 0 aliphatic heterocycles. The Labute approximate surface area is 135 Å². The molecule has 116 valence electrons. The minimum atomic E-state index is -0.258. The van der Waals surface area contributed by atoms with Crippen LogP contribution in [0.5, 0.6) is 0 Å². The van der Waals surface area contributed by atoms with E-state index in [1.54, 1.807) is 62.8 Å². The van der Waals surface area contributed by atoms with Gasteiger partial charge < -0.3 is 10.2 Å². The van der Waals surface area contributed by atoms with Crippen molar-refractivity contribution in [3.8, 4) is 11.8 Å². The van der Waals surface area contributed by atoms with Gasteiger partial charge in [-0.05, 0) is 36.4 Å². The maximum absolute atomic E-state index is 11.8. The van der Waals surface area contributed by atoms with E-state index in [2.05, 4.69) is 22.1 Å². The Balaban J connectivity index is 1.90. The molecule has 0 aliphatic rings. The summed E-state index contributed by atoms with van der Waals surface area (Å²) in [5, 5.41) is 2.68. The van der Waals surface area contributed by atoms with E-state index in [1.165, 1.54) is 4.90 Å². The summed E-state index contributed by atoms with van der Waals surface area (Å²) in [4.78, 5) is 29.0. The summed E-state index contributed by atoms with van der Waals surface area (Å²) in [6.07, 6.45) is 1.57. The third-order valence-electron chi connectivity index (χ3n) is 3.01. The third kappa shape index (κ3) is 4.68. The molecule has 0 aliphatic carbocycles. The summed E-state index contributed by atoms with van der Waals surface area (Å²) in [5.41, 5.74) is 1.76. The van der Waals surface area contributed by atoms with Crippen molar-refractivity contribution in [3.05, 3.63) is 65.5 Å². The molecule has 2 aromatic rings. The maximum Gasteiger partial charge on any atom is 0.270 e. The Morgan fingerprint density at radius 3 is 2.48 bits per heavy atom. The van der Waals surface area contributed by atoms with Gasteiger partial charge in [-0.3, -0.25) is 14.6 Å². The fraction of sp³-hybridized carbons (Fsp3) is 0.167.